The molecule has 0 saturated carbocycles. The summed E-state index contributed by atoms with van der Waals surface area (Å²) in [6.07, 6.45) is 0.922. The lowest BCUT2D eigenvalue weighted by Crippen LogP contribution is -2.28. The monoisotopic (exact) mass is 291 g/mol. The van der Waals surface area contributed by atoms with Gasteiger partial charge in [-0.15, -0.1) is 0 Å². The van der Waals surface area contributed by atoms with Crippen molar-refractivity contribution >= 4 is 5.95 Å². The van der Waals surface area contributed by atoms with Gasteiger partial charge in [0.1, 0.15) is 0 Å². The lowest BCUT2D eigenvalue weighted by molar-refractivity contribution is 0.424. The number of tetrazole rings is 1. The Morgan fingerprint density at radius 3 is 2.55 bits per heavy atom. The number of nitrogens with one attached hydrogen (secondary N) is 1. The van der Waals surface area contributed by atoms with Gasteiger partial charge < -0.3 is 5.32 Å². The molecule has 2 heterocycles. The van der Waals surface area contributed by atoms with E-state index in [-0.39, 0.29) is 12.1 Å². The summed E-state index contributed by atoms with van der Waals surface area (Å²) in [6.45, 7) is 2.10. The molecular weight excluding hydrogens is 274 g/mol. The van der Waals surface area contributed by atoms with Gasteiger partial charge in [0.25, 0.3) is 0 Å². The van der Waals surface area contributed by atoms with E-state index in [1.807, 2.05) is 10.7 Å². The molecule has 2 atom stereocenters. The zero-order valence-electron chi connectivity index (χ0n) is 12.3. The zero-order chi connectivity index (χ0) is 14.9. The van der Waals surface area contributed by atoms with E-state index in [1.54, 1.807) is 0 Å². The number of hydrogen-bond acceptors (Lipinski definition) is 4. The van der Waals surface area contributed by atoms with Crippen LogP contribution in [0, 0.1) is 6.92 Å². The van der Waals surface area contributed by atoms with Crippen molar-refractivity contribution < 1.29 is 0 Å². The summed E-state index contributed by atoms with van der Waals surface area (Å²) in [4.78, 5) is 0. The number of fused-ring (bicyclic) bond motifs is 1. The van der Waals surface area contributed by atoms with Crippen LogP contribution in [0.1, 0.15) is 35.2 Å². The number of benzene rings is 2. The Balaban J connectivity index is 1.73. The van der Waals surface area contributed by atoms with Gasteiger partial charge in [0, 0.05) is 0 Å². The number of nitrogens with zero attached hydrogens (tertiary/aromatic N) is 4. The van der Waals surface area contributed by atoms with E-state index in [0.29, 0.717) is 0 Å². The summed E-state index contributed by atoms with van der Waals surface area (Å²) in [5, 5.41) is 15.5. The van der Waals surface area contributed by atoms with Gasteiger partial charge in [0.2, 0.25) is 5.95 Å². The molecule has 0 aliphatic carbocycles. The lowest BCUT2D eigenvalue weighted by Gasteiger charge is -2.31. The van der Waals surface area contributed by atoms with E-state index in [4.69, 9.17) is 0 Å². The number of rotatable bonds is 2. The molecule has 0 amide bonds. The van der Waals surface area contributed by atoms with E-state index in [2.05, 4.69) is 76.3 Å². The van der Waals surface area contributed by atoms with Gasteiger partial charge in [-0.2, -0.15) is 0 Å². The molecule has 1 aliphatic heterocycles. The van der Waals surface area contributed by atoms with Crippen molar-refractivity contribution in [1.82, 2.24) is 20.2 Å². The van der Waals surface area contributed by atoms with Crippen LogP contribution in [0.3, 0.4) is 0 Å². The molecule has 1 aliphatic rings. The SMILES string of the molecule is Cc1ccc(C2CC(c3ccccc3)Nc3nnnn32)cc1. The van der Waals surface area contributed by atoms with Crippen LogP contribution in [-0.2, 0) is 0 Å². The van der Waals surface area contributed by atoms with Gasteiger partial charge >= 0.3 is 0 Å². The fourth-order valence-electron chi connectivity index (χ4n) is 3.01. The van der Waals surface area contributed by atoms with Gasteiger partial charge in [-0.25, -0.2) is 4.68 Å². The highest BCUT2D eigenvalue weighted by molar-refractivity contribution is 5.37. The van der Waals surface area contributed by atoms with E-state index >= 15 is 0 Å². The maximum absolute atomic E-state index is 4.16. The zero-order valence-corrected chi connectivity index (χ0v) is 12.3. The Labute approximate surface area is 129 Å². The summed E-state index contributed by atoms with van der Waals surface area (Å²) in [5.41, 5.74) is 3.75. The van der Waals surface area contributed by atoms with Gasteiger partial charge in [-0.3, -0.25) is 0 Å². The fourth-order valence-corrected chi connectivity index (χ4v) is 3.01. The molecule has 0 bridgehead atoms. The van der Waals surface area contributed by atoms with Crippen LogP contribution in [0.5, 0.6) is 0 Å². The second kappa shape index (κ2) is 5.26. The average molecular weight is 291 g/mol. The van der Waals surface area contributed by atoms with Crippen LogP contribution in [0.2, 0.25) is 0 Å². The summed E-state index contributed by atoms with van der Waals surface area (Å²) in [7, 11) is 0. The second-order valence-corrected chi connectivity index (χ2v) is 5.72. The Morgan fingerprint density at radius 1 is 1.00 bits per heavy atom. The highest BCUT2D eigenvalue weighted by Crippen LogP contribution is 2.36. The van der Waals surface area contributed by atoms with Crippen LogP contribution >= 0.6 is 0 Å². The Kier molecular flexibility index (Phi) is 3.11. The minimum Gasteiger partial charge on any atom is -0.346 e. The second-order valence-electron chi connectivity index (χ2n) is 5.72. The highest BCUT2D eigenvalue weighted by Gasteiger charge is 2.30. The average Bonchev–Trinajstić information content (AvgIpc) is 3.04. The maximum Gasteiger partial charge on any atom is 0.243 e. The maximum atomic E-state index is 4.16. The molecule has 0 spiro atoms. The third kappa shape index (κ3) is 2.24. The van der Waals surface area contributed by atoms with E-state index in [9.17, 15) is 0 Å². The Hall–Kier alpha value is -2.69. The molecule has 5 nitrogen and oxygen atoms in total. The molecule has 1 aromatic heterocycles. The van der Waals surface area contributed by atoms with Crippen molar-refractivity contribution in [3.8, 4) is 0 Å². The molecule has 0 saturated heterocycles. The van der Waals surface area contributed by atoms with Crippen molar-refractivity contribution in [3.05, 3.63) is 71.3 Å². The van der Waals surface area contributed by atoms with Gasteiger partial charge in [-0.05, 0) is 34.9 Å². The first-order valence-corrected chi connectivity index (χ1v) is 7.47. The molecule has 110 valence electrons. The predicted octanol–water partition coefficient (Wildman–Crippen LogP) is 3.13. The minimum absolute atomic E-state index is 0.150. The molecule has 22 heavy (non-hydrogen) atoms. The minimum atomic E-state index is 0.150. The van der Waals surface area contributed by atoms with Crippen molar-refractivity contribution in [2.75, 3.05) is 5.32 Å². The van der Waals surface area contributed by atoms with E-state index in [0.717, 1.165) is 12.4 Å². The number of aromatic nitrogens is 4. The Bertz CT molecular complexity index is 763. The smallest absolute Gasteiger partial charge is 0.243 e. The van der Waals surface area contributed by atoms with Crippen LogP contribution in [0.25, 0.3) is 0 Å². The number of hydrogen-bond donors (Lipinski definition) is 1. The number of aryl methyl sites for hydroxylation is 1. The molecule has 1 N–H and O–H groups in total. The summed E-state index contributed by atoms with van der Waals surface area (Å²) >= 11 is 0. The molecule has 0 radical (unpaired) electrons. The third-order valence-electron chi connectivity index (χ3n) is 4.21. The van der Waals surface area contributed by atoms with E-state index in [1.165, 1.54) is 16.7 Å². The van der Waals surface area contributed by atoms with Crippen LogP contribution in [-0.4, -0.2) is 20.2 Å². The largest absolute Gasteiger partial charge is 0.346 e. The molecular formula is C17H17N5. The highest BCUT2D eigenvalue weighted by atomic mass is 15.6. The normalized spacial score (nSPS) is 20.2. The first kappa shape index (κ1) is 13.0. The van der Waals surface area contributed by atoms with Crippen LogP contribution < -0.4 is 5.32 Å². The van der Waals surface area contributed by atoms with Crippen molar-refractivity contribution in [1.29, 1.82) is 0 Å². The predicted molar refractivity (Wildman–Crippen MR) is 84.6 cm³/mol. The summed E-state index contributed by atoms with van der Waals surface area (Å²) in [6, 6.07) is 19.4. The first-order chi connectivity index (χ1) is 10.8. The quantitative estimate of drug-likeness (QED) is 0.788. The summed E-state index contributed by atoms with van der Waals surface area (Å²) in [5.74, 6) is 0.727. The molecule has 5 heteroatoms. The molecule has 4 rings (SSSR count). The number of anilines is 1. The topological polar surface area (TPSA) is 55.6 Å². The fraction of sp³-hybridized carbons (Fsp3) is 0.235. The molecule has 3 aromatic rings. The van der Waals surface area contributed by atoms with Gasteiger partial charge in [-0.1, -0.05) is 65.3 Å². The molecule has 0 fully saturated rings. The lowest BCUT2D eigenvalue weighted by atomic mass is 9.93. The van der Waals surface area contributed by atoms with Crippen molar-refractivity contribution in [2.24, 2.45) is 0 Å². The molecule has 2 aromatic carbocycles. The first-order valence-electron chi connectivity index (χ1n) is 7.47. The standard InChI is InChI=1S/C17H17N5/c1-12-7-9-14(10-8-12)16-11-15(13-5-3-2-4-6-13)18-17-19-20-21-22(16)17/h2-10,15-16H,11H2,1H3,(H,18,19,21). The molecule has 2 unspecified atom stereocenters. The van der Waals surface area contributed by atoms with Crippen LogP contribution in [0.15, 0.2) is 54.6 Å². The third-order valence-corrected chi connectivity index (χ3v) is 4.21. The van der Waals surface area contributed by atoms with Crippen LogP contribution in [0.4, 0.5) is 5.95 Å². The van der Waals surface area contributed by atoms with E-state index < -0.39 is 0 Å². The summed E-state index contributed by atoms with van der Waals surface area (Å²) < 4.78 is 1.88. The Morgan fingerprint density at radius 2 is 1.77 bits per heavy atom. The van der Waals surface area contributed by atoms with Gasteiger partial charge in [0.05, 0.1) is 12.1 Å². The van der Waals surface area contributed by atoms with Crippen molar-refractivity contribution in [2.45, 2.75) is 25.4 Å². The van der Waals surface area contributed by atoms with Gasteiger partial charge in [0.15, 0.2) is 0 Å². The van der Waals surface area contributed by atoms with Crippen molar-refractivity contribution in [3.63, 3.8) is 0 Å².